The van der Waals surface area contributed by atoms with Crippen molar-refractivity contribution in [3.05, 3.63) is 56.0 Å². The minimum absolute atomic E-state index is 0.00921. The molecular formula is C17H17Cl4N3O3S. The van der Waals surface area contributed by atoms with Gasteiger partial charge < -0.3 is 0 Å². The maximum atomic E-state index is 12.6. The highest BCUT2D eigenvalue weighted by molar-refractivity contribution is 7.89. The van der Waals surface area contributed by atoms with Crippen LogP contribution in [0.2, 0.25) is 20.1 Å². The summed E-state index contributed by atoms with van der Waals surface area (Å²) in [6.07, 6.45) is 0. The summed E-state index contributed by atoms with van der Waals surface area (Å²) >= 11 is 24.0. The third kappa shape index (κ3) is 5.89. The van der Waals surface area contributed by atoms with Gasteiger partial charge in [0.15, 0.2) is 0 Å². The SMILES string of the molecule is CC(C)(C)NS(=O)(=O)c1cc(C(=O)NNc2c(Cl)cc(Cl)cc2Cl)ccc1Cl. The smallest absolute Gasteiger partial charge is 0.269 e. The van der Waals surface area contributed by atoms with Gasteiger partial charge in [-0.25, -0.2) is 13.1 Å². The van der Waals surface area contributed by atoms with E-state index in [1.165, 1.54) is 30.3 Å². The van der Waals surface area contributed by atoms with Crippen LogP contribution < -0.4 is 15.6 Å². The number of anilines is 1. The number of hydrazine groups is 1. The molecule has 6 nitrogen and oxygen atoms in total. The van der Waals surface area contributed by atoms with Crippen molar-refractivity contribution in [3.8, 4) is 0 Å². The molecule has 0 bridgehead atoms. The number of benzene rings is 2. The minimum atomic E-state index is -3.93. The number of hydrogen-bond acceptors (Lipinski definition) is 4. The number of halogens is 4. The lowest BCUT2D eigenvalue weighted by atomic mass is 10.1. The highest BCUT2D eigenvalue weighted by Crippen LogP contribution is 2.33. The summed E-state index contributed by atoms with van der Waals surface area (Å²) in [6.45, 7) is 5.08. The molecule has 2 rings (SSSR count). The average molecular weight is 485 g/mol. The van der Waals surface area contributed by atoms with E-state index in [1.54, 1.807) is 20.8 Å². The first-order chi connectivity index (χ1) is 12.8. The van der Waals surface area contributed by atoms with Gasteiger partial charge in [0.2, 0.25) is 10.0 Å². The Morgan fingerprint density at radius 1 is 0.929 bits per heavy atom. The molecule has 1 amide bonds. The van der Waals surface area contributed by atoms with Crippen LogP contribution in [0.25, 0.3) is 0 Å². The van der Waals surface area contributed by atoms with Gasteiger partial charge in [0, 0.05) is 16.1 Å². The number of hydrogen-bond donors (Lipinski definition) is 3. The standard InChI is InChI=1S/C17H17Cl4N3O3S/c1-17(2,3)24-28(26,27)14-6-9(4-5-11(14)19)16(25)23-22-15-12(20)7-10(18)8-13(15)21/h4-8,22,24H,1-3H3,(H,23,25). The summed E-state index contributed by atoms with van der Waals surface area (Å²) in [5.41, 5.74) is 4.59. The third-order valence-electron chi connectivity index (χ3n) is 3.23. The van der Waals surface area contributed by atoms with Crippen LogP contribution in [0.1, 0.15) is 31.1 Å². The molecule has 0 aliphatic rings. The van der Waals surface area contributed by atoms with Crippen molar-refractivity contribution in [2.24, 2.45) is 0 Å². The van der Waals surface area contributed by atoms with E-state index < -0.39 is 21.5 Å². The summed E-state index contributed by atoms with van der Waals surface area (Å²) in [5, 5.41) is 0.730. The van der Waals surface area contributed by atoms with Gasteiger partial charge >= 0.3 is 0 Å². The van der Waals surface area contributed by atoms with E-state index in [1.807, 2.05) is 0 Å². The quantitative estimate of drug-likeness (QED) is 0.513. The monoisotopic (exact) mass is 483 g/mol. The normalized spacial score (nSPS) is 12.0. The van der Waals surface area contributed by atoms with Crippen molar-refractivity contribution in [1.82, 2.24) is 10.1 Å². The fraction of sp³-hybridized carbons (Fsp3) is 0.235. The maximum Gasteiger partial charge on any atom is 0.269 e. The van der Waals surface area contributed by atoms with Gasteiger partial charge in [-0.1, -0.05) is 46.4 Å². The molecule has 2 aromatic carbocycles. The topological polar surface area (TPSA) is 87.3 Å². The second kappa shape index (κ2) is 8.65. The molecule has 0 saturated heterocycles. The molecule has 0 radical (unpaired) electrons. The van der Waals surface area contributed by atoms with Gasteiger partial charge in [0.05, 0.1) is 20.8 Å². The van der Waals surface area contributed by atoms with Crippen molar-refractivity contribution in [1.29, 1.82) is 0 Å². The van der Waals surface area contributed by atoms with Gasteiger partial charge in [-0.2, -0.15) is 0 Å². The summed E-state index contributed by atoms with van der Waals surface area (Å²) in [7, 11) is -3.93. The zero-order valence-electron chi connectivity index (χ0n) is 15.0. The fourth-order valence-corrected chi connectivity index (χ4v) is 5.02. The van der Waals surface area contributed by atoms with Crippen molar-refractivity contribution in [2.45, 2.75) is 31.2 Å². The summed E-state index contributed by atoms with van der Waals surface area (Å²) < 4.78 is 27.6. The molecule has 3 N–H and O–H groups in total. The second-order valence-corrected chi connectivity index (χ2v) is 10.1. The van der Waals surface area contributed by atoms with Crippen molar-refractivity contribution < 1.29 is 13.2 Å². The number of amides is 1. The van der Waals surface area contributed by atoms with E-state index in [0.717, 1.165) is 0 Å². The highest BCUT2D eigenvalue weighted by atomic mass is 35.5. The average Bonchev–Trinajstić information content (AvgIpc) is 2.51. The van der Waals surface area contributed by atoms with Crippen LogP contribution in [0.5, 0.6) is 0 Å². The van der Waals surface area contributed by atoms with Crippen LogP contribution >= 0.6 is 46.4 Å². The molecule has 11 heteroatoms. The van der Waals surface area contributed by atoms with Crippen molar-refractivity contribution >= 4 is 68.0 Å². The molecule has 0 fully saturated rings. The van der Waals surface area contributed by atoms with Crippen LogP contribution in [0.15, 0.2) is 35.2 Å². The molecule has 0 heterocycles. The number of rotatable bonds is 5. The highest BCUT2D eigenvalue weighted by Gasteiger charge is 2.25. The van der Waals surface area contributed by atoms with Gasteiger partial charge in [-0.3, -0.25) is 15.6 Å². The Morgan fingerprint density at radius 3 is 2.04 bits per heavy atom. The second-order valence-electron chi connectivity index (χ2n) is 6.82. The zero-order valence-corrected chi connectivity index (χ0v) is 18.9. The molecule has 2 aromatic rings. The van der Waals surface area contributed by atoms with E-state index in [2.05, 4.69) is 15.6 Å². The molecule has 152 valence electrons. The lowest BCUT2D eigenvalue weighted by Gasteiger charge is -2.21. The number of nitrogens with one attached hydrogen (secondary N) is 3. The van der Waals surface area contributed by atoms with Crippen molar-refractivity contribution in [3.63, 3.8) is 0 Å². The Labute approximate surface area is 183 Å². The van der Waals surface area contributed by atoms with E-state index in [0.29, 0.717) is 5.02 Å². The van der Waals surface area contributed by atoms with E-state index in [4.69, 9.17) is 46.4 Å². The molecular weight excluding hydrogens is 468 g/mol. The predicted octanol–water partition coefficient (Wildman–Crippen LogP) is 5.13. The first-order valence-electron chi connectivity index (χ1n) is 7.84. The van der Waals surface area contributed by atoms with Crippen LogP contribution in [-0.2, 0) is 10.0 Å². The minimum Gasteiger partial charge on any atom is -0.295 e. The number of sulfonamides is 1. The van der Waals surface area contributed by atoms with Crippen LogP contribution in [0, 0.1) is 0 Å². The lowest BCUT2D eigenvalue weighted by Crippen LogP contribution is -2.40. The van der Waals surface area contributed by atoms with E-state index >= 15 is 0 Å². The number of carbonyl (C=O) groups is 1. The summed E-state index contributed by atoms with van der Waals surface area (Å²) in [6, 6.07) is 6.80. The van der Waals surface area contributed by atoms with Crippen LogP contribution in [0.3, 0.4) is 0 Å². The molecule has 0 spiro atoms. The van der Waals surface area contributed by atoms with Crippen LogP contribution in [-0.4, -0.2) is 19.9 Å². The first-order valence-corrected chi connectivity index (χ1v) is 10.8. The van der Waals surface area contributed by atoms with Crippen LogP contribution in [0.4, 0.5) is 5.69 Å². The molecule has 0 saturated carbocycles. The van der Waals surface area contributed by atoms with Gasteiger partial charge in [0.1, 0.15) is 4.90 Å². The zero-order chi connectivity index (χ0) is 21.3. The molecule has 0 aromatic heterocycles. The Hall–Kier alpha value is -1.22. The Morgan fingerprint density at radius 2 is 1.50 bits per heavy atom. The summed E-state index contributed by atoms with van der Waals surface area (Å²) in [5.74, 6) is -0.619. The molecule has 0 aliphatic carbocycles. The number of carbonyl (C=O) groups excluding carboxylic acids is 1. The van der Waals surface area contributed by atoms with E-state index in [-0.39, 0.29) is 31.2 Å². The van der Waals surface area contributed by atoms with Crippen molar-refractivity contribution in [2.75, 3.05) is 5.43 Å². The van der Waals surface area contributed by atoms with E-state index in [9.17, 15) is 13.2 Å². The fourth-order valence-electron chi connectivity index (χ4n) is 2.16. The van der Waals surface area contributed by atoms with Gasteiger partial charge in [-0.15, -0.1) is 0 Å². The van der Waals surface area contributed by atoms with Gasteiger partial charge in [0.25, 0.3) is 5.91 Å². The first kappa shape index (κ1) is 23.1. The largest absolute Gasteiger partial charge is 0.295 e. The third-order valence-corrected chi connectivity index (χ3v) is 6.29. The Kier molecular flexibility index (Phi) is 7.12. The summed E-state index contributed by atoms with van der Waals surface area (Å²) in [4.78, 5) is 12.2. The molecule has 28 heavy (non-hydrogen) atoms. The van der Waals surface area contributed by atoms with Gasteiger partial charge in [-0.05, 0) is 51.1 Å². The predicted molar refractivity (Wildman–Crippen MR) is 114 cm³/mol. The molecule has 0 aliphatic heterocycles. The Balaban J connectivity index is 2.26. The Bertz CT molecular complexity index is 998. The molecule has 0 unspecified atom stereocenters. The molecule has 0 atom stereocenters. The maximum absolute atomic E-state index is 12.6. The lowest BCUT2D eigenvalue weighted by molar-refractivity contribution is 0.0962.